The molecule has 0 spiro atoms. The summed E-state index contributed by atoms with van der Waals surface area (Å²) in [6.07, 6.45) is -2.05. The maximum Gasteiger partial charge on any atom is 0.303 e. The first-order chi connectivity index (χ1) is 21.1. The van der Waals surface area contributed by atoms with Crippen LogP contribution in [-0.4, -0.2) is 68.8 Å². The van der Waals surface area contributed by atoms with Crippen LogP contribution >= 0.6 is 11.6 Å². The van der Waals surface area contributed by atoms with Gasteiger partial charge in [-0.15, -0.1) is 6.58 Å². The van der Waals surface area contributed by atoms with Crippen LogP contribution in [0.15, 0.2) is 61.7 Å². The molecule has 5 atom stereocenters. The Morgan fingerprint density at radius 3 is 2.07 bits per heavy atom. The number of ether oxygens (including phenoxy) is 7. The van der Waals surface area contributed by atoms with Gasteiger partial charge in [-0.3, -0.25) is 14.4 Å². The summed E-state index contributed by atoms with van der Waals surface area (Å²) in [5.41, 5.74) is 2.16. The highest BCUT2D eigenvalue weighted by Crippen LogP contribution is 2.43. The Morgan fingerprint density at radius 2 is 1.48 bits per heavy atom. The molecular formula is C33H39ClO10. The fourth-order valence-corrected chi connectivity index (χ4v) is 5.11. The van der Waals surface area contributed by atoms with Crippen LogP contribution in [0.1, 0.15) is 50.5 Å². The summed E-state index contributed by atoms with van der Waals surface area (Å²) in [6, 6.07) is 11.1. The number of hydrogen-bond donors (Lipinski definition) is 0. The molecule has 5 unspecified atom stereocenters. The van der Waals surface area contributed by atoms with E-state index in [0.717, 1.165) is 16.9 Å². The van der Waals surface area contributed by atoms with E-state index in [1.54, 1.807) is 24.3 Å². The summed E-state index contributed by atoms with van der Waals surface area (Å²) in [5.74, 6) is -0.902. The van der Waals surface area contributed by atoms with E-state index >= 15 is 0 Å². The molecule has 44 heavy (non-hydrogen) atoms. The Balaban J connectivity index is 2.16. The van der Waals surface area contributed by atoms with Gasteiger partial charge in [0, 0.05) is 31.4 Å². The lowest BCUT2D eigenvalue weighted by Gasteiger charge is -2.45. The van der Waals surface area contributed by atoms with Gasteiger partial charge in [0.25, 0.3) is 0 Å². The Labute approximate surface area is 262 Å². The quantitative estimate of drug-likeness (QED) is 0.111. The molecule has 11 heteroatoms. The van der Waals surface area contributed by atoms with Crippen LogP contribution in [0.2, 0.25) is 5.02 Å². The molecular weight excluding hydrogens is 592 g/mol. The molecule has 238 valence electrons. The van der Waals surface area contributed by atoms with Gasteiger partial charge in [0.1, 0.15) is 30.3 Å². The van der Waals surface area contributed by atoms with E-state index in [0.29, 0.717) is 29.4 Å². The van der Waals surface area contributed by atoms with E-state index in [4.69, 9.17) is 44.8 Å². The molecule has 2 aromatic rings. The van der Waals surface area contributed by atoms with Crippen molar-refractivity contribution in [1.29, 1.82) is 0 Å². The summed E-state index contributed by atoms with van der Waals surface area (Å²) in [6.45, 7) is 13.8. The van der Waals surface area contributed by atoms with Gasteiger partial charge in [0.15, 0.2) is 18.3 Å². The van der Waals surface area contributed by atoms with Crippen molar-refractivity contribution in [2.75, 3.05) is 26.4 Å². The Bertz CT molecular complexity index is 1310. The molecule has 1 saturated heterocycles. The summed E-state index contributed by atoms with van der Waals surface area (Å²) in [4.78, 5) is 36.9. The molecule has 0 aliphatic carbocycles. The molecule has 0 aromatic heterocycles. The molecule has 0 radical (unpaired) electrons. The van der Waals surface area contributed by atoms with Crippen LogP contribution in [0.4, 0.5) is 0 Å². The Kier molecular flexibility index (Phi) is 13.3. The van der Waals surface area contributed by atoms with Gasteiger partial charge in [-0.2, -0.15) is 0 Å². The fraction of sp³-hybridized carbons (Fsp3) is 0.424. The maximum absolute atomic E-state index is 12.4. The predicted octanol–water partition coefficient (Wildman–Crippen LogP) is 5.33. The second-order valence-electron chi connectivity index (χ2n) is 9.98. The van der Waals surface area contributed by atoms with Crippen molar-refractivity contribution in [3.63, 3.8) is 0 Å². The lowest BCUT2D eigenvalue weighted by molar-refractivity contribution is -0.255. The second-order valence-corrected chi connectivity index (χ2v) is 10.4. The number of benzene rings is 2. The predicted molar refractivity (Wildman–Crippen MR) is 163 cm³/mol. The van der Waals surface area contributed by atoms with Crippen molar-refractivity contribution in [2.45, 2.75) is 64.6 Å². The van der Waals surface area contributed by atoms with E-state index in [1.165, 1.54) is 20.8 Å². The molecule has 0 amide bonds. The van der Waals surface area contributed by atoms with Gasteiger partial charge in [-0.25, -0.2) is 0 Å². The van der Waals surface area contributed by atoms with Gasteiger partial charge in [0.2, 0.25) is 0 Å². The largest absolute Gasteiger partial charge is 0.494 e. The highest BCUT2D eigenvalue weighted by molar-refractivity contribution is 6.31. The van der Waals surface area contributed by atoms with Crippen molar-refractivity contribution in [3.05, 3.63) is 83.4 Å². The van der Waals surface area contributed by atoms with E-state index in [1.807, 2.05) is 31.2 Å². The molecule has 0 N–H and O–H groups in total. The molecule has 0 saturated carbocycles. The monoisotopic (exact) mass is 630 g/mol. The highest BCUT2D eigenvalue weighted by atomic mass is 35.5. The third-order valence-corrected chi connectivity index (χ3v) is 6.88. The molecule has 0 bridgehead atoms. The summed E-state index contributed by atoms with van der Waals surface area (Å²) >= 11 is 6.75. The van der Waals surface area contributed by atoms with E-state index in [9.17, 15) is 14.4 Å². The van der Waals surface area contributed by atoms with Crippen molar-refractivity contribution in [3.8, 4) is 11.5 Å². The van der Waals surface area contributed by atoms with Crippen molar-refractivity contribution < 1.29 is 47.5 Å². The number of rotatable bonds is 15. The average molecular weight is 631 g/mol. The summed E-state index contributed by atoms with van der Waals surface area (Å²) in [7, 11) is 0. The standard InChI is InChI=1S/C33H39ClO10/c1-7-14-38-19-29-31(41-20(4)35)33(43-22(6)37)32(42-21(5)36)30(44-29)26-17-24(27(34)18-28(26)40-15-8-2)16-23-10-12-25(13-11-23)39-9-3/h7-8,10-13,17-18,29-33H,1-2,9,14-16,19H2,3-6H3. The van der Waals surface area contributed by atoms with Gasteiger partial charge in [-0.1, -0.05) is 42.5 Å². The van der Waals surface area contributed by atoms with Crippen LogP contribution in [0.25, 0.3) is 0 Å². The topological polar surface area (TPSA) is 116 Å². The zero-order chi connectivity index (χ0) is 32.2. The molecule has 1 fully saturated rings. The van der Waals surface area contributed by atoms with Crippen LogP contribution < -0.4 is 9.47 Å². The number of halogens is 1. The van der Waals surface area contributed by atoms with E-state index in [2.05, 4.69) is 13.2 Å². The number of carbonyl (C=O) groups excluding carboxylic acids is 3. The van der Waals surface area contributed by atoms with Gasteiger partial charge < -0.3 is 33.2 Å². The zero-order valence-corrected chi connectivity index (χ0v) is 26.2. The third-order valence-electron chi connectivity index (χ3n) is 6.53. The Hall–Kier alpha value is -3.86. The SMILES string of the molecule is C=CCOCC1OC(c2cc(Cc3ccc(OCC)cc3)c(Cl)cc2OCC=C)C(OC(C)=O)C(OC(C)=O)C1OC(C)=O. The number of carbonyl (C=O) groups is 3. The van der Waals surface area contributed by atoms with Crippen LogP contribution in [0.3, 0.4) is 0 Å². The normalized spacial score (nSPS) is 21.1. The van der Waals surface area contributed by atoms with Gasteiger partial charge in [-0.05, 0) is 48.7 Å². The molecule has 10 nitrogen and oxygen atoms in total. The molecule has 2 aromatic carbocycles. The molecule has 1 heterocycles. The van der Waals surface area contributed by atoms with Crippen LogP contribution in [0, 0.1) is 0 Å². The minimum Gasteiger partial charge on any atom is -0.494 e. The van der Waals surface area contributed by atoms with Gasteiger partial charge in [0.05, 0.1) is 19.8 Å². The lowest BCUT2D eigenvalue weighted by atomic mass is 9.88. The third kappa shape index (κ3) is 9.57. The second kappa shape index (κ2) is 16.8. The fourth-order valence-electron chi connectivity index (χ4n) is 4.89. The summed E-state index contributed by atoms with van der Waals surface area (Å²) in [5, 5.41) is 0.432. The lowest BCUT2D eigenvalue weighted by Crippen LogP contribution is -2.59. The van der Waals surface area contributed by atoms with Crippen molar-refractivity contribution in [1.82, 2.24) is 0 Å². The minimum absolute atomic E-state index is 0.0551. The minimum atomic E-state index is -1.24. The van der Waals surface area contributed by atoms with Gasteiger partial charge >= 0.3 is 17.9 Å². The molecule has 1 aliphatic rings. The van der Waals surface area contributed by atoms with Crippen molar-refractivity contribution >= 4 is 29.5 Å². The smallest absolute Gasteiger partial charge is 0.303 e. The first kappa shape index (κ1) is 34.6. The van der Waals surface area contributed by atoms with Crippen LogP contribution in [0.5, 0.6) is 11.5 Å². The summed E-state index contributed by atoms with van der Waals surface area (Å²) < 4.78 is 40.7. The average Bonchev–Trinajstić information content (AvgIpc) is 2.96. The van der Waals surface area contributed by atoms with E-state index < -0.39 is 48.4 Å². The van der Waals surface area contributed by atoms with E-state index in [-0.39, 0.29) is 19.8 Å². The molecule has 1 aliphatic heterocycles. The number of esters is 3. The highest BCUT2D eigenvalue weighted by Gasteiger charge is 2.53. The maximum atomic E-state index is 12.4. The first-order valence-corrected chi connectivity index (χ1v) is 14.6. The van der Waals surface area contributed by atoms with Crippen LogP contribution in [-0.2, 0) is 44.5 Å². The first-order valence-electron chi connectivity index (χ1n) is 14.2. The van der Waals surface area contributed by atoms with Crippen molar-refractivity contribution in [2.24, 2.45) is 0 Å². The zero-order valence-electron chi connectivity index (χ0n) is 25.4. The molecule has 3 rings (SSSR count). The Morgan fingerprint density at radius 1 is 0.864 bits per heavy atom. The number of hydrogen-bond acceptors (Lipinski definition) is 10.